The van der Waals surface area contributed by atoms with Gasteiger partial charge in [-0.3, -0.25) is 9.69 Å². The highest BCUT2D eigenvalue weighted by atomic mass is 79.9. The van der Waals surface area contributed by atoms with Crippen molar-refractivity contribution in [2.24, 2.45) is 0 Å². The number of likely N-dealkylation sites (tertiary alicyclic amines) is 1. The molecule has 0 aromatic heterocycles. The zero-order valence-electron chi connectivity index (χ0n) is 24.4. The highest BCUT2D eigenvalue weighted by molar-refractivity contribution is 9.11. The first kappa shape index (κ1) is 31.9. The van der Waals surface area contributed by atoms with E-state index in [0.29, 0.717) is 24.7 Å². The Kier molecular flexibility index (Phi) is 10.9. The summed E-state index contributed by atoms with van der Waals surface area (Å²) in [5, 5.41) is 0. The first-order chi connectivity index (χ1) is 19.4. The van der Waals surface area contributed by atoms with Gasteiger partial charge in [-0.1, -0.05) is 44.0 Å². The average molecular weight is 697 g/mol. The van der Waals surface area contributed by atoms with Crippen LogP contribution in [0.4, 0.5) is 9.18 Å². The summed E-state index contributed by atoms with van der Waals surface area (Å²) >= 11 is 6.94. The Bertz CT molecular complexity index is 1180. The van der Waals surface area contributed by atoms with Crippen molar-refractivity contribution < 1.29 is 18.7 Å². The number of carbonyl (C=O) groups excluding carboxylic acids is 2. The van der Waals surface area contributed by atoms with Crippen LogP contribution in [0.3, 0.4) is 0 Å². The highest BCUT2D eigenvalue weighted by Crippen LogP contribution is 2.26. The molecule has 10 heteroatoms. The van der Waals surface area contributed by atoms with Gasteiger partial charge in [0.05, 0.1) is 0 Å². The van der Waals surface area contributed by atoms with Gasteiger partial charge in [-0.05, 0) is 76.1 Å². The molecule has 0 unspecified atom stereocenters. The lowest BCUT2D eigenvalue weighted by Gasteiger charge is -2.45. The van der Waals surface area contributed by atoms with Crippen molar-refractivity contribution in [1.29, 1.82) is 0 Å². The average Bonchev–Trinajstić information content (AvgIpc) is 3.12. The molecule has 224 valence electrons. The maximum absolute atomic E-state index is 13.7. The maximum atomic E-state index is 13.7. The van der Waals surface area contributed by atoms with Crippen LogP contribution < -0.4 is 0 Å². The van der Waals surface area contributed by atoms with Gasteiger partial charge in [0.1, 0.15) is 11.4 Å². The standard InChI is InChI=1S/C31H41Br2FN4O3/c1-31(2,3)41-30(40)38-12-5-11-37(14-15-38)28-20-36(21-28)13-10-23(22-6-8-27(34)9-7-22)19-35(4)29(39)24-16-25(32)18-26(33)17-24/h6-9,16-18,23,28H,5,10-15,19-21H2,1-4H3/t23-/m1/s1. The van der Waals surface area contributed by atoms with E-state index < -0.39 is 5.60 Å². The molecule has 0 spiro atoms. The van der Waals surface area contributed by atoms with Crippen LogP contribution in [-0.4, -0.2) is 103 Å². The molecule has 1 atom stereocenters. The molecule has 7 nitrogen and oxygen atoms in total. The third-order valence-electron chi connectivity index (χ3n) is 7.72. The first-order valence-corrected chi connectivity index (χ1v) is 15.9. The van der Waals surface area contributed by atoms with Crippen molar-refractivity contribution in [3.05, 3.63) is 68.4 Å². The number of likely N-dealkylation sites (N-methyl/N-ethyl adjacent to an activating group) is 1. The SMILES string of the molecule is CN(C[C@@H](CCN1CC(N2CCCN(C(=O)OC(C)(C)C)CC2)C1)c1ccc(F)cc1)C(=O)c1cc(Br)cc(Br)c1. The first-order valence-electron chi connectivity index (χ1n) is 14.3. The molecule has 2 aliphatic heterocycles. The Morgan fingerprint density at radius 1 is 1.02 bits per heavy atom. The van der Waals surface area contributed by atoms with Crippen LogP contribution in [0.15, 0.2) is 51.4 Å². The van der Waals surface area contributed by atoms with Gasteiger partial charge in [0.2, 0.25) is 0 Å². The Balaban J connectivity index is 1.30. The second-order valence-electron chi connectivity index (χ2n) is 12.2. The zero-order chi connectivity index (χ0) is 29.7. The van der Waals surface area contributed by atoms with Crippen molar-refractivity contribution in [3.63, 3.8) is 0 Å². The number of ether oxygens (including phenoxy) is 1. The monoisotopic (exact) mass is 694 g/mol. The minimum absolute atomic E-state index is 0.0512. The van der Waals surface area contributed by atoms with Crippen LogP contribution in [0.1, 0.15) is 55.5 Å². The fourth-order valence-corrected chi connectivity index (χ4v) is 6.81. The number of hydrogen-bond acceptors (Lipinski definition) is 5. The van der Waals surface area contributed by atoms with Gasteiger partial charge in [-0.2, -0.15) is 0 Å². The van der Waals surface area contributed by atoms with Gasteiger partial charge < -0.3 is 19.4 Å². The van der Waals surface area contributed by atoms with Gasteiger partial charge in [0, 0.05) is 79.3 Å². The van der Waals surface area contributed by atoms with Crippen LogP contribution in [0, 0.1) is 5.82 Å². The molecule has 0 aliphatic carbocycles. The second kappa shape index (κ2) is 14.0. The molecule has 2 heterocycles. The number of rotatable bonds is 8. The number of nitrogens with zero attached hydrogens (tertiary/aromatic N) is 4. The van der Waals surface area contributed by atoms with Crippen molar-refractivity contribution in [2.75, 3.05) is 59.4 Å². The fraction of sp³-hybridized carbons (Fsp3) is 0.548. The topological polar surface area (TPSA) is 56.3 Å². The molecule has 0 N–H and O–H groups in total. The lowest BCUT2D eigenvalue weighted by atomic mass is 9.93. The van der Waals surface area contributed by atoms with E-state index in [1.165, 1.54) is 12.1 Å². The van der Waals surface area contributed by atoms with E-state index in [0.717, 1.165) is 66.6 Å². The summed E-state index contributed by atoms with van der Waals surface area (Å²) in [4.78, 5) is 34.3. The lowest BCUT2D eigenvalue weighted by Crippen LogP contribution is -2.60. The van der Waals surface area contributed by atoms with E-state index in [1.807, 2.05) is 63.1 Å². The van der Waals surface area contributed by atoms with Gasteiger partial charge >= 0.3 is 6.09 Å². The molecule has 0 radical (unpaired) electrons. The normalized spacial score (nSPS) is 18.0. The number of halogens is 3. The summed E-state index contributed by atoms with van der Waals surface area (Å²) < 4.78 is 20.9. The predicted molar refractivity (Wildman–Crippen MR) is 167 cm³/mol. The predicted octanol–water partition coefficient (Wildman–Crippen LogP) is 6.22. The Morgan fingerprint density at radius 2 is 1.68 bits per heavy atom. The Hall–Kier alpha value is -2.01. The fourth-order valence-electron chi connectivity index (χ4n) is 5.52. The Labute approximate surface area is 260 Å². The lowest BCUT2D eigenvalue weighted by molar-refractivity contribution is 0.0206. The molecule has 2 aromatic carbocycles. The molecule has 2 saturated heterocycles. The third-order valence-corrected chi connectivity index (χ3v) is 8.64. The molecule has 0 bridgehead atoms. The van der Waals surface area contributed by atoms with Crippen molar-refractivity contribution >= 4 is 43.9 Å². The van der Waals surface area contributed by atoms with E-state index in [4.69, 9.17) is 4.74 Å². The van der Waals surface area contributed by atoms with Crippen molar-refractivity contribution in [3.8, 4) is 0 Å². The highest BCUT2D eigenvalue weighted by Gasteiger charge is 2.34. The number of carbonyl (C=O) groups is 2. The molecule has 41 heavy (non-hydrogen) atoms. The maximum Gasteiger partial charge on any atom is 0.410 e. The Morgan fingerprint density at radius 3 is 2.32 bits per heavy atom. The smallest absolute Gasteiger partial charge is 0.410 e. The number of amides is 2. The molecule has 2 aliphatic rings. The van der Waals surface area contributed by atoms with E-state index in [9.17, 15) is 14.0 Å². The molecule has 2 amide bonds. The van der Waals surface area contributed by atoms with Crippen LogP contribution in [0.25, 0.3) is 0 Å². The molecular weight excluding hydrogens is 655 g/mol. The van der Waals surface area contributed by atoms with Gasteiger partial charge in [0.25, 0.3) is 5.91 Å². The van der Waals surface area contributed by atoms with Gasteiger partial charge in [-0.25, -0.2) is 9.18 Å². The third kappa shape index (κ3) is 9.24. The second-order valence-corrected chi connectivity index (χ2v) is 14.0. The minimum atomic E-state index is -0.485. The van der Waals surface area contributed by atoms with Crippen LogP contribution in [0.5, 0.6) is 0 Å². The molecule has 2 aromatic rings. The van der Waals surface area contributed by atoms with Crippen LogP contribution in [0.2, 0.25) is 0 Å². The summed E-state index contributed by atoms with van der Waals surface area (Å²) in [5.74, 6) is -0.228. The molecule has 0 saturated carbocycles. The largest absolute Gasteiger partial charge is 0.444 e. The van der Waals surface area contributed by atoms with Crippen molar-refractivity contribution in [2.45, 2.75) is 51.2 Å². The van der Waals surface area contributed by atoms with E-state index in [1.54, 1.807) is 4.90 Å². The molecule has 2 fully saturated rings. The number of hydrogen-bond donors (Lipinski definition) is 0. The molecule has 4 rings (SSSR count). The van der Waals surface area contributed by atoms with Gasteiger partial charge in [-0.15, -0.1) is 0 Å². The summed E-state index contributed by atoms with van der Waals surface area (Å²) in [5.41, 5.74) is 1.16. The van der Waals surface area contributed by atoms with E-state index in [-0.39, 0.29) is 23.7 Å². The van der Waals surface area contributed by atoms with Gasteiger partial charge in [0.15, 0.2) is 0 Å². The number of benzene rings is 2. The zero-order valence-corrected chi connectivity index (χ0v) is 27.6. The summed E-state index contributed by atoms with van der Waals surface area (Å²) in [7, 11) is 1.83. The quantitative estimate of drug-likeness (QED) is 0.328. The van der Waals surface area contributed by atoms with Crippen LogP contribution >= 0.6 is 31.9 Å². The van der Waals surface area contributed by atoms with Crippen LogP contribution in [-0.2, 0) is 4.74 Å². The minimum Gasteiger partial charge on any atom is -0.444 e. The summed E-state index contributed by atoms with van der Waals surface area (Å²) in [6.45, 7) is 12.4. The molecular formula is C31H41Br2FN4O3. The van der Waals surface area contributed by atoms with E-state index in [2.05, 4.69) is 41.7 Å². The van der Waals surface area contributed by atoms with E-state index >= 15 is 0 Å². The summed E-state index contributed by atoms with van der Waals surface area (Å²) in [6.07, 6.45) is 1.58. The summed E-state index contributed by atoms with van der Waals surface area (Å²) in [6, 6.07) is 12.7. The van der Waals surface area contributed by atoms with Crippen molar-refractivity contribution in [1.82, 2.24) is 19.6 Å².